The van der Waals surface area contributed by atoms with Gasteiger partial charge in [-0.2, -0.15) is 10.5 Å². The first-order valence-electron chi connectivity index (χ1n) is 7.74. The van der Waals surface area contributed by atoms with Gasteiger partial charge >= 0.3 is 0 Å². The largest absolute Gasteiger partial charge is 1.00 e. The summed E-state index contributed by atoms with van der Waals surface area (Å²) in [4.78, 5) is 0. The fourth-order valence-electron chi connectivity index (χ4n) is 2.60. The molecule has 1 rings (SSSR count). The molecule has 0 N–H and O–H groups in total. The molecule has 0 aliphatic carbocycles. The molecule has 0 aliphatic rings. The first-order valence-corrected chi connectivity index (χ1v) is 7.74. The summed E-state index contributed by atoms with van der Waals surface area (Å²) in [7, 11) is 8.64. The molecule has 0 saturated heterocycles. The zero-order valence-electron chi connectivity index (χ0n) is 14.7. The number of rotatable bonds is 8. The van der Waals surface area contributed by atoms with E-state index in [-0.39, 0.29) is 12.4 Å². The van der Waals surface area contributed by atoms with Crippen LogP contribution in [-0.4, -0.2) is 50.2 Å². The Hall–Kier alpha value is -1.59. The molecule has 0 aromatic heterocycles. The Morgan fingerprint density at radius 2 is 1.04 bits per heavy atom. The van der Waals surface area contributed by atoms with E-state index in [1.807, 2.05) is 0 Å². The fraction of sp³-hybridized carbons (Fsp3) is 0.556. The molecule has 0 fully saturated rings. The summed E-state index contributed by atoms with van der Waals surface area (Å²) in [6.07, 6.45) is 1.19. The van der Waals surface area contributed by atoms with E-state index in [2.05, 4.69) is 64.6 Å². The molecular weight excluding hydrogens is 308 g/mol. The number of nitriles is 2. The standard InChI is InChI=1S/C18H28N4.ClH/c1-21(2,13-5-11-19)15-17-7-9-18(10-8-17)16-22(3,4)14-6-12-20;/h7-10H,5-6,13-16H2,1-4H3;1H/q+2;/p-1. The lowest BCUT2D eigenvalue weighted by molar-refractivity contribution is -0.903. The number of halogens is 1. The molecule has 0 spiro atoms. The Morgan fingerprint density at radius 3 is 1.30 bits per heavy atom. The topological polar surface area (TPSA) is 47.6 Å². The zero-order valence-corrected chi connectivity index (χ0v) is 15.5. The summed E-state index contributed by atoms with van der Waals surface area (Å²) >= 11 is 0. The van der Waals surface area contributed by atoms with Crippen molar-refractivity contribution in [3.05, 3.63) is 35.4 Å². The highest BCUT2D eigenvalue weighted by molar-refractivity contribution is 5.21. The number of benzene rings is 1. The van der Waals surface area contributed by atoms with E-state index in [1.54, 1.807) is 0 Å². The molecule has 1 aromatic carbocycles. The van der Waals surface area contributed by atoms with Gasteiger partial charge in [-0.05, 0) is 0 Å². The molecular formula is C18H28ClN4+. The lowest BCUT2D eigenvalue weighted by atomic mass is 10.1. The predicted octanol–water partition coefficient (Wildman–Crippen LogP) is -0.329. The average molecular weight is 336 g/mol. The molecule has 0 saturated carbocycles. The third-order valence-electron chi connectivity index (χ3n) is 3.90. The minimum atomic E-state index is 0. The summed E-state index contributed by atoms with van der Waals surface area (Å²) in [6.45, 7) is 3.62. The first-order chi connectivity index (χ1) is 10.3. The molecule has 4 nitrogen and oxygen atoms in total. The van der Waals surface area contributed by atoms with E-state index >= 15 is 0 Å². The van der Waals surface area contributed by atoms with Crippen LogP contribution in [0.1, 0.15) is 24.0 Å². The van der Waals surface area contributed by atoms with Crippen molar-refractivity contribution in [1.29, 1.82) is 10.5 Å². The maximum absolute atomic E-state index is 8.72. The molecule has 0 unspecified atom stereocenters. The van der Waals surface area contributed by atoms with Crippen LogP contribution in [0.25, 0.3) is 0 Å². The summed E-state index contributed by atoms with van der Waals surface area (Å²) < 4.78 is 1.66. The fourth-order valence-corrected chi connectivity index (χ4v) is 2.60. The van der Waals surface area contributed by atoms with Gasteiger partial charge in [0, 0.05) is 11.1 Å². The lowest BCUT2D eigenvalue weighted by Gasteiger charge is -2.30. The Balaban J connectivity index is 0.00000484. The lowest BCUT2D eigenvalue weighted by Crippen LogP contribution is -3.00. The monoisotopic (exact) mass is 335 g/mol. The smallest absolute Gasteiger partial charge is 0.104 e. The van der Waals surface area contributed by atoms with Crippen molar-refractivity contribution >= 4 is 0 Å². The van der Waals surface area contributed by atoms with Gasteiger partial charge in [0.05, 0.1) is 66.3 Å². The third-order valence-corrected chi connectivity index (χ3v) is 3.90. The first kappa shape index (κ1) is 21.4. The summed E-state index contributed by atoms with van der Waals surface area (Å²) in [5, 5.41) is 17.4. The van der Waals surface area contributed by atoms with E-state index in [0.29, 0.717) is 12.8 Å². The molecule has 5 heteroatoms. The van der Waals surface area contributed by atoms with Crippen molar-refractivity contribution < 1.29 is 21.4 Å². The summed E-state index contributed by atoms with van der Waals surface area (Å²) in [5.41, 5.74) is 2.60. The third kappa shape index (κ3) is 8.57. The van der Waals surface area contributed by atoms with E-state index < -0.39 is 0 Å². The van der Waals surface area contributed by atoms with Crippen LogP contribution in [0.2, 0.25) is 0 Å². The maximum atomic E-state index is 8.72. The van der Waals surface area contributed by atoms with Crippen LogP contribution in [-0.2, 0) is 13.1 Å². The quantitative estimate of drug-likeness (QED) is 0.611. The van der Waals surface area contributed by atoms with Crippen LogP contribution >= 0.6 is 0 Å². The Kier molecular flexibility index (Phi) is 8.87. The van der Waals surface area contributed by atoms with E-state index in [9.17, 15) is 0 Å². The van der Waals surface area contributed by atoms with Gasteiger partial charge < -0.3 is 21.4 Å². The Bertz CT molecular complexity index is 499. The van der Waals surface area contributed by atoms with Crippen molar-refractivity contribution in [1.82, 2.24) is 0 Å². The molecule has 126 valence electrons. The van der Waals surface area contributed by atoms with Crippen LogP contribution in [0.3, 0.4) is 0 Å². The van der Waals surface area contributed by atoms with Crippen molar-refractivity contribution in [3.63, 3.8) is 0 Å². The number of nitrogens with zero attached hydrogens (tertiary/aromatic N) is 4. The van der Waals surface area contributed by atoms with Crippen LogP contribution in [0, 0.1) is 22.7 Å². The summed E-state index contributed by atoms with van der Waals surface area (Å²) in [5.74, 6) is 0. The van der Waals surface area contributed by atoms with Crippen molar-refractivity contribution in [2.75, 3.05) is 41.3 Å². The molecule has 0 atom stereocenters. The van der Waals surface area contributed by atoms with Gasteiger partial charge in [-0.25, -0.2) is 0 Å². The Morgan fingerprint density at radius 1 is 0.739 bits per heavy atom. The minimum absolute atomic E-state index is 0. The molecule has 0 heterocycles. The van der Waals surface area contributed by atoms with Crippen molar-refractivity contribution in [3.8, 4) is 12.1 Å². The second-order valence-corrected chi connectivity index (χ2v) is 7.27. The second-order valence-electron chi connectivity index (χ2n) is 7.27. The van der Waals surface area contributed by atoms with Gasteiger partial charge in [-0.15, -0.1) is 0 Å². The number of hydrogen-bond donors (Lipinski definition) is 0. The van der Waals surface area contributed by atoms with Crippen molar-refractivity contribution in [2.45, 2.75) is 25.9 Å². The molecule has 1 aromatic rings. The number of quaternary nitrogens is 2. The van der Waals surface area contributed by atoms with E-state index in [4.69, 9.17) is 10.5 Å². The zero-order chi connectivity index (χ0) is 16.6. The molecule has 0 amide bonds. The van der Waals surface area contributed by atoms with Crippen molar-refractivity contribution in [2.24, 2.45) is 0 Å². The van der Waals surface area contributed by atoms with Crippen LogP contribution < -0.4 is 12.4 Å². The molecule has 0 radical (unpaired) electrons. The van der Waals surface area contributed by atoms with Gasteiger partial charge in [-0.3, -0.25) is 0 Å². The van der Waals surface area contributed by atoms with Crippen LogP contribution in [0.4, 0.5) is 0 Å². The van der Waals surface area contributed by atoms with E-state index in [0.717, 1.165) is 35.1 Å². The normalized spacial score (nSPS) is 11.2. The maximum Gasteiger partial charge on any atom is 0.104 e. The van der Waals surface area contributed by atoms with Gasteiger partial charge in [0.2, 0.25) is 0 Å². The van der Waals surface area contributed by atoms with Crippen LogP contribution in [0.15, 0.2) is 24.3 Å². The number of hydrogen-bond acceptors (Lipinski definition) is 2. The second kappa shape index (κ2) is 9.53. The average Bonchev–Trinajstić information content (AvgIpc) is 2.45. The highest BCUT2D eigenvalue weighted by atomic mass is 35.5. The van der Waals surface area contributed by atoms with Gasteiger partial charge in [0.15, 0.2) is 0 Å². The molecule has 0 aliphatic heterocycles. The Labute approximate surface area is 147 Å². The predicted molar refractivity (Wildman–Crippen MR) is 88.3 cm³/mol. The minimum Gasteiger partial charge on any atom is -1.00 e. The van der Waals surface area contributed by atoms with Gasteiger partial charge in [0.1, 0.15) is 13.1 Å². The SMILES string of the molecule is C[N+](C)(CCC#N)Cc1ccc(C[N+](C)(C)CCC#N)cc1.[Cl-]. The van der Waals surface area contributed by atoms with Gasteiger partial charge in [-0.1, -0.05) is 24.3 Å². The van der Waals surface area contributed by atoms with Gasteiger partial charge in [0.25, 0.3) is 0 Å². The van der Waals surface area contributed by atoms with Crippen LogP contribution in [0.5, 0.6) is 0 Å². The highest BCUT2D eigenvalue weighted by Gasteiger charge is 2.17. The summed E-state index contributed by atoms with van der Waals surface area (Å²) in [6, 6.07) is 13.2. The molecule has 0 bridgehead atoms. The van der Waals surface area contributed by atoms with E-state index in [1.165, 1.54) is 11.1 Å². The molecule has 23 heavy (non-hydrogen) atoms. The highest BCUT2D eigenvalue weighted by Crippen LogP contribution is 2.14.